The van der Waals surface area contributed by atoms with Crippen molar-refractivity contribution in [3.63, 3.8) is 0 Å². The number of sulfonamides is 1. The van der Waals surface area contributed by atoms with Crippen molar-refractivity contribution in [2.45, 2.75) is 17.9 Å². The predicted molar refractivity (Wildman–Crippen MR) is 71.7 cm³/mol. The second-order valence-corrected chi connectivity index (χ2v) is 5.98. The zero-order chi connectivity index (χ0) is 13.8. The van der Waals surface area contributed by atoms with Gasteiger partial charge in [0.05, 0.1) is 12.1 Å². The van der Waals surface area contributed by atoms with Gasteiger partial charge in [0.25, 0.3) is 0 Å². The van der Waals surface area contributed by atoms with E-state index in [1.165, 1.54) is 19.2 Å². The van der Waals surface area contributed by atoms with E-state index in [-0.39, 0.29) is 22.5 Å². The van der Waals surface area contributed by atoms with Crippen LogP contribution in [0.1, 0.15) is 6.92 Å². The van der Waals surface area contributed by atoms with E-state index in [1.54, 1.807) is 13.1 Å². The number of methoxy groups -OCH3 is 1. The molecule has 0 saturated heterocycles. The fourth-order valence-electron chi connectivity index (χ4n) is 1.23. The van der Waals surface area contributed by atoms with Crippen molar-refractivity contribution >= 4 is 21.6 Å². The van der Waals surface area contributed by atoms with Crippen molar-refractivity contribution in [3.8, 4) is 5.75 Å². The third-order valence-corrected chi connectivity index (χ3v) is 4.41. The largest absolute Gasteiger partial charge is 0.497 e. The van der Waals surface area contributed by atoms with Gasteiger partial charge < -0.3 is 10.1 Å². The molecule has 0 aliphatic rings. The van der Waals surface area contributed by atoms with Crippen LogP contribution in [0.5, 0.6) is 5.75 Å². The number of rotatable bonds is 6. The van der Waals surface area contributed by atoms with Gasteiger partial charge in [-0.05, 0) is 26.1 Å². The first-order chi connectivity index (χ1) is 8.40. The molecule has 0 spiro atoms. The van der Waals surface area contributed by atoms with Crippen molar-refractivity contribution in [3.05, 3.63) is 23.2 Å². The molecule has 0 amide bonds. The summed E-state index contributed by atoms with van der Waals surface area (Å²) < 4.78 is 31.6. The molecule has 0 bridgehead atoms. The van der Waals surface area contributed by atoms with E-state index < -0.39 is 10.0 Å². The average molecular weight is 293 g/mol. The average Bonchev–Trinajstić information content (AvgIpc) is 2.36. The van der Waals surface area contributed by atoms with Crippen LogP contribution in [0, 0.1) is 0 Å². The number of nitrogens with one attached hydrogen (secondary N) is 2. The first-order valence-electron chi connectivity index (χ1n) is 5.41. The summed E-state index contributed by atoms with van der Waals surface area (Å²) >= 11 is 5.90. The topological polar surface area (TPSA) is 67.4 Å². The molecule has 0 heterocycles. The summed E-state index contributed by atoms with van der Waals surface area (Å²) in [6.07, 6.45) is 0. The van der Waals surface area contributed by atoms with Crippen molar-refractivity contribution in [1.29, 1.82) is 0 Å². The van der Waals surface area contributed by atoms with Crippen LogP contribution >= 0.6 is 11.6 Å². The van der Waals surface area contributed by atoms with Crippen LogP contribution in [-0.4, -0.2) is 35.2 Å². The summed E-state index contributed by atoms with van der Waals surface area (Å²) in [5, 5.41) is 3.11. The fourth-order valence-corrected chi connectivity index (χ4v) is 2.87. The molecule has 0 aromatic heterocycles. The molecule has 7 heteroatoms. The van der Waals surface area contributed by atoms with Gasteiger partial charge in [0.1, 0.15) is 10.6 Å². The molecule has 18 heavy (non-hydrogen) atoms. The van der Waals surface area contributed by atoms with Crippen molar-refractivity contribution in [2.75, 3.05) is 20.7 Å². The molecular weight excluding hydrogens is 276 g/mol. The minimum Gasteiger partial charge on any atom is -0.497 e. The van der Waals surface area contributed by atoms with Crippen LogP contribution in [0.25, 0.3) is 0 Å². The zero-order valence-electron chi connectivity index (χ0n) is 10.5. The quantitative estimate of drug-likeness (QED) is 0.828. The van der Waals surface area contributed by atoms with Crippen LogP contribution in [0.4, 0.5) is 0 Å². The number of likely N-dealkylation sites (N-methyl/N-ethyl adjacent to an activating group) is 1. The second-order valence-electron chi connectivity index (χ2n) is 3.84. The summed E-state index contributed by atoms with van der Waals surface area (Å²) in [6, 6.07) is 4.53. The summed E-state index contributed by atoms with van der Waals surface area (Å²) in [5.41, 5.74) is 0. The van der Waals surface area contributed by atoms with E-state index in [4.69, 9.17) is 16.3 Å². The lowest BCUT2D eigenvalue weighted by Gasteiger charge is -2.13. The third kappa shape index (κ3) is 3.84. The highest BCUT2D eigenvalue weighted by Gasteiger charge is 2.19. The molecule has 102 valence electrons. The molecule has 5 nitrogen and oxygen atoms in total. The third-order valence-electron chi connectivity index (χ3n) is 2.50. The predicted octanol–water partition coefficient (Wildman–Crippen LogP) is 1.23. The highest BCUT2D eigenvalue weighted by atomic mass is 35.5. The monoisotopic (exact) mass is 292 g/mol. The number of ether oxygens (including phenoxy) is 1. The summed E-state index contributed by atoms with van der Waals surface area (Å²) in [4.78, 5) is 0.0202. The van der Waals surface area contributed by atoms with E-state index in [9.17, 15) is 8.42 Å². The lowest BCUT2D eigenvalue weighted by atomic mass is 10.3. The zero-order valence-corrected chi connectivity index (χ0v) is 12.1. The van der Waals surface area contributed by atoms with Crippen molar-refractivity contribution in [1.82, 2.24) is 10.0 Å². The van der Waals surface area contributed by atoms with Gasteiger partial charge in [-0.25, -0.2) is 13.1 Å². The maximum absolute atomic E-state index is 12.1. The summed E-state index contributed by atoms with van der Waals surface area (Å²) in [6.45, 7) is 2.15. The SMILES string of the molecule is CNC(C)CNS(=O)(=O)c1cc(OC)ccc1Cl. The molecule has 1 rings (SSSR count). The minimum absolute atomic E-state index is 0.0202. The lowest BCUT2D eigenvalue weighted by Crippen LogP contribution is -2.37. The Kier molecular flexibility index (Phi) is 5.40. The molecule has 0 saturated carbocycles. The Morgan fingerprint density at radius 3 is 2.67 bits per heavy atom. The van der Waals surface area contributed by atoms with E-state index in [0.29, 0.717) is 5.75 Å². The summed E-state index contributed by atoms with van der Waals surface area (Å²) in [7, 11) is -0.401. The van der Waals surface area contributed by atoms with Gasteiger partial charge in [-0.2, -0.15) is 0 Å². The fraction of sp³-hybridized carbons (Fsp3) is 0.455. The molecule has 0 radical (unpaired) electrons. The molecule has 2 N–H and O–H groups in total. The number of hydrogen-bond donors (Lipinski definition) is 2. The van der Waals surface area contributed by atoms with Gasteiger partial charge in [-0.1, -0.05) is 11.6 Å². The number of hydrogen-bond acceptors (Lipinski definition) is 4. The molecule has 0 aliphatic heterocycles. The first-order valence-corrected chi connectivity index (χ1v) is 7.27. The highest BCUT2D eigenvalue weighted by molar-refractivity contribution is 7.89. The highest BCUT2D eigenvalue weighted by Crippen LogP contribution is 2.25. The number of benzene rings is 1. The normalized spacial score (nSPS) is 13.3. The first kappa shape index (κ1) is 15.2. The molecule has 1 aromatic rings. The van der Waals surface area contributed by atoms with Crippen LogP contribution in [0.15, 0.2) is 23.1 Å². The van der Waals surface area contributed by atoms with Gasteiger partial charge >= 0.3 is 0 Å². The van der Waals surface area contributed by atoms with Crippen LogP contribution < -0.4 is 14.8 Å². The van der Waals surface area contributed by atoms with Crippen LogP contribution in [0.2, 0.25) is 5.02 Å². The maximum atomic E-state index is 12.1. The Balaban J connectivity index is 2.97. The molecular formula is C11H17ClN2O3S. The molecule has 1 unspecified atom stereocenters. The van der Waals surface area contributed by atoms with Gasteiger partial charge in [-0.15, -0.1) is 0 Å². The Morgan fingerprint density at radius 2 is 2.11 bits per heavy atom. The van der Waals surface area contributed by atoms with Gasteiger partial charge in [-0.3, -0.25) is 0 Å². The van der Waals surface area contributed by atoms with Crippen LogP contribution in [0.3, 0.4) is 0 Å². The number of halogens is 1. The lowest BCUT2D eigenvalue weighted by molar-refractivity contribution is 0.413. The molecule has 0 aliphatic carbocycles. The molecule has 0 fully saturated rings. The van der Waals surface area contributed by atoms with Gasteiger partial charge in [0.2, 0.25) is 10.0 Å². The smallest absolute Gasteiger partial charge is 0.242 e. The Morgan fingerprint density at radius 1 is 1.44 bits per heavy atom. The molecule has 1 aromatic carbocycles. The van der Waals surface area contributed by atoms with Crippen molar-refractivity contribution < 1.29 is 13.2 Å². The van der Waals surface area contributed by atoms with E-state index in [1.807, 2.05) is 6.92 Å². The minimum atomic E-state index is -3.63. The van der Waals surface area contributed by atoms with Crippen molar-refractivity contribution in [2.24, 2.45) is 0 Å². The van der Waals surface area contributed by atoms with Gasteiger partial charge in [0.15, 0.2) is 0 Å². The van der Waals surface area contributed by atoms with E-state index >= 15 is 0 Å². The van der Waals surface area contributed by atoms with Gasteiger partial charge in [0, 0.05) is 18.7 Å². The summed E-state index contributed by atoms with van der Waals surface area (Å²) in [5.74, 6) is 0.446. The maximum Gasteiger partial charge on any atom is 0.242 e. The van der Waals surface area contributed by atoms with Crippen LogP contribution in [-0.2, 0) is 10.0 Å². The molecule has 1 atom stereocenters. The standard InChI is InChI=1S/C11H17ClN2O3S/c1-8(13-2)7-14-18(15,16)11-6-9(17-3)4-5-10(11)12/h4-6,8,13-14H,7H2,1-3H3. The van der Waals surface area contributed by atoms with E-state index in [0.717, 1.165) is 0 Å². The Bertz CT molecular complexity index is 505. The second kappa shape index (κ2) is 6.38. The Labute approximate surface area is 113 Å². The Hall–Kier alpha value is -0.820. The van der Waals surface area contributed by atoms with E-state index in [2.05, 4.69) is 10.0 Å².